The Morgan fingerprint density at radius 2 is 2.07 bits per heavy atom. The highest BCUT2D eigenvalue weighted by atomic mass is 32.2. The Hall–Kier alpha value is -0.640. The van der Waals surface area contributed by atoms with E-state index in [1.807, 2.05) is 6.07 Å². The Bertz CT molecular complexity index is 281. The molecule has 0 amide bonds. The van der Waals surface area contributed by atoms with Gasteiger partial charge in [-0.1, -0.05) is 0 Å². The molecule has 0 aliphatic heterocycles. The van der Waals surface area contributed by atoms with Gasteiger partial charge in [-0.2, -0.15) is 9.57 Å². The molecular weight excluding hydrogens is 204 g/mol. The Labute approximate surface area is 85.3 Å². The molecule has 0 aliphatic carbocycles. The van der Waals surface area contributed by atoms with Crippen molar-refractivity contribution in [1.29, 1.82) is 5.26 Å². The molecule has 5 nitrogen and oxygen atoms in total. The molecule has 82 valence electrons. The van der Waals surface area contributed by atoms with Crippen LogP contribution in [0.2, 0.25) is 0 Å². The number of nitriles is 1. The van der Waals surface area contributed by atoms with E-state index in [4.69, 9.17) is 10.00 Å². The average Bonchev–Trinajstić information content (AvgIpc) is 2.17. The molecule has 0 aliphatic rings. The van der Waals surface area contributed by atoms with Crippen LogP contribution in [0.5, 0.6) is 0 Å². The predicted octanol–water partition coefficient (Wildman–Crippen LogP) is 0.198. The fraction of sp³-hybridized carbons (Fsp3) is 0.875. The highest BCUT2D eigenvalue weighted by Crippen LogP contribution is 2.02. The second-order valence-corrected chi connectivity index (χ2v) is 4.96. The summed E-state index contributed by atoms with van der Waals surface area (Å²) in [6.07, 6.45) is 0.211. The van der Waals surface area contributed by atoms with E-state index in [2.05, 4.69) is 0 Å². The first kappa shape index (κ1) is 13.4. The smallest absolute Gasteiger partial charge is 0.213 e. The largest absolute Gasteiger partial charge is 0.383 e. The van der Waals surface area contributed by atoms with E-state index < -0.39 is 10.0 Å². The monoisotopic (exact) mass is 220 g/mol. The minimum Gasteiger partial charge on any atom is -0.383 e. The maximum absolute atomic E-state index is 11.5. The van der Waals surface area contributed by atoms with Gasteiger partial charge in [-0.25, -0.2) is 8.42 Å². The van der Waals surface area contributed by atoms with E-state index >= 15 is 0 Å². The van der Waals surface area contributed by atoms with E-state index in [9.17, 15) is 8.42 Å². The van der Waals surface area contributed by atoms with Crippen molar-refractivity contribution >= 4 is 10.0 Å². The van der Waals surface area contributed by atoms with E-state index in [-0.39, 0.29) is 18.7 Å². The van der Waals surface area contributed by atoms with Crippen molar-refractivity contribution in [3.63, 3.8) is 0 Å². The van der Waals surface area contributed by atoms with Crippen LogP contribution in [0.4, 0.5) is 0 Å². The fourth-order valence-corrected chi connectivity index (χ4v) is 2.03. The third-order valence-corrected chi connectivity index (χ3v) is 3.66. The Kier molecular flexibility index (Phi) is 6.45. The molecule has 0 spiro atoms. The van der Waals surface area contributed by atoms with Gasteiger partial charge in [-0.3, -0.25) is 0 Å². The molecule has 0 N–H and O–H groups in total. The minimum atomic E-state index is -3.20. The summed E-state index contributed by atoms with van der Waals surface area (Å²) in [5.41, 5.74) is 0. The quantitative estimate of drug-likeness (QED) is 0.614. The zero-order valence-electron chi connectivity index (χ0n) is 8.56. The fourth-order valence-electron chi connectivity index (χ4n) is 0.940. The molecule has 0 radical (unpaired) electrons. The van der Waals surface area contributed by atoms with Crippen molar-refractivity contribution in [3.8, 4) is 6.07 Å². The first-order valence-electron chi connectivity index (χ1n) is 4.42. The van der Waals surface area contributed by atoms with Crippen LogP contribution in [-0.2, 0) is 14.8 Å². The molecule has 0 heterocycles. The Balaban J connectivity index is 4.32. The van der Waals surface area contributed by atoms with E-state index in [0.717, 1.165) is 0 Å². The molecule has 0 aromatic heterocycles. The lowest BCUT2D eigenvalue weighted by molar-refractivity contribution is 0.179. The summed E-state index contributed by atoms with van der Waals surface area (Å²) in [7, 11) is -1.69. The van der Waals surface area contributed by atoms with Crippen LogP contribution in [0.3, 0.4) is 0 Å². The molecule has 0 unspecified atom stereocenters. The lowest BCUT2D eigenvalue weighted by atomic mass is 10.4. The number of methoxy groups -OCH3 is 1. The summed E-state index contributed by atoms with van der Waals surface area (Å²) in [4.78, 5) is 0. The highest BCUT2D eigenvalue weighted by Gasteiger charge is 2.18. The van der Waals surface area contributed by atoms with E-state index in [1.165, 1.54) is 11.4 Å². The van der Waals surface area contributed by atoms with Crippen LogP contribution in [0.15, 0.2) is 0 Å². The number of hydrogen-bond donors (Lipinski definition) is 0. The summed E-state index contributed by atoms with van der Waals surface area (Å²) in [5, 5.41) is 8.38. The van der Waals surface area contributed by atoms with Gasteiger partial charge in [0.25, 0.3) is 0 Å². The number of ether oxygens (including phenoxy) is 1. The molecule has 0 saturated carbocycles. The van der Waals surface area contributed by atoms with Gasteiger partial charge in [0, 0.05) is 26.6 Å². The topological polar surface area (TPSA) is 70.4 Å². The summed E-state index contributed by atoms with van der Waals surface area (Å²) >= 11 is 0. The van der Waals surface area contributed by atoms with Gasteiger partial charge in [-0.05, 0) is 6.92 Å². The summed E-state index contributed by atoms with van der Waals surface area (Å²) < 4.78 is 29.0. The number of sulfonamides is 1. The second-order valence-electron chi connectivity index (χ2n) is 2.70. The van der Waals surface area contributed by atoms with Gasteiger partial charge in [0.05, 0.1) is 18.4 Å². The van der Waals surface area contributed by atoms with Crippen molar-refractivity contribution in [3.05, 3.63) is 0 Å². The first-order valence-corrected chi connectivity index (χ1v) is 6.03. The van der Waals surface area contributed by atoms with Gasteiger partial charge < -0.3 is 4.74 Å². The molecule has 0 saturated heterocycles. The normalized spacial score (nSPS) is 11.6. The zero-order chi connectivity index (χ0) is 11.0. The average molecular weight is 220 g/mol. The number of nitrogens with zero attached hydrogens (tertiary/aromatic N) is 2. The highest BCUT2D eigenvalue weighted by molar-refractivity contribution is 7.89. The summed E-state index contributed by atoms with van der Waals surface area (Å²) in [6, 6.07) is 1.92. The third kappa shape index (κ3) is 4.56. The van der Waals surface area contributed by atoms with Crippen molar-refractivity contribution < 1.29 is 13.2 Å². The predicted molar refractivity (Wildman–Crippen MR) is 53.1 cm³/mol. The van der Waals surface area contributed by atoms with Crippen LogP contribution >= 0.6 is 0 Å². The Morgan fingerprint density at radius 3 is 2.50 bits per heavy atom. The van der Waals surface area contributed by atoms with Gasteiger partial charge in [0.15, 0.2) is 0 Å². The maximum Gasteiger partial charge on any atom is 0.213 e. The third-order valence-electron chi connectivity index (χ3n) is 1.78. The van der Waals surface area contributed by atoms with Crippen LogP contribution in [0.1, 0.15) is 13.3 Å². The van der Waals surface area contributed by atoms with Crippen molar-refractivity contribution in [2.24, 2.45) is 0 Å². The van der Waals surface area contributed by atoms with Crippen molar-refractivity contribution in [2.75, 3.05) is 32.6 Å². The Morgan fingerprint density at radius 1 is 1.43 bits per heavy atom. The molecule has 0 aromatic carbocycles. The van der Waals surface area contributed by atoms with Crippen LogP contribution in [0, 0.1) is 11.3 Å². The van der Waals surface area contributed by atoms with Crippen molar-refractivity contribution in [1.82, 2.24) is 4.31 Å². The van der Waals surface area contributed by atoms with Gasteiger partial charge in [0.2, 0.25) is 10.0 Å². The lowest BCUT2D eigenvalue weighted by Crippen LogP contribution is -2.35. The standard InChI is InChI=1S/C8H16N2O3S/c1-3-14(11,12)10(6-4-5-9)7-8-13-2/h3-4,6-8H2,1-2H3. The van der Waals surface area contributed by atoms with Crippen LogP contribution in [-0.4, -0.2) is 45.3 Å². The molecule has 0 bridgehead atoms. The number of rotatable bonds is 7. The van der Waals surface area contributed by atoms with Gasteiger partial charge >= 0.3 is 0 Å². The van der Waals surface area contributed by atoms with Crippen LogP contribution < -0.4 is 0 Å². The molecule has 6 heteroatoms. The molecular formula is C8H16N2O3S. The van der Waals surface area contributed by atoms with Gasteiger partial charge in [-0.15, -0.1) is 0 Å². The molecule has 0 fully saturated rings. The van der Waals surface area contributed by atoms with Gasteiger partial charge in [0.1, 0.15) is 0 Å². The first-order chi connectivity index (χ1) is 6.58. The van der Waals surface area contributed by atoms with Crippen molar-refractivity contribution in [2.45, 2.75) is 13.3 Å². The molecule has 0 rings (SSSR count). The van der Waals surface area contributed by atoms with E-state index in [1.54, 1.807) is 6.92 Å². The van der Waals surface area contributed by atoms with E-state index in [0.29, 0.717) is 13.2 Å². The van der Waals surface area contributed by atoms with Crippen LogP contribution in [0.25, 0.3) is 0 Å². The zero-order valence-corrected chi connectivity index (χ0v) is 9.38. The summed E-state index contributed by atoms with van der Waals surface area (Å²) in [6.45, 7) is 2.50. The lowest BCUT2D eigenvalue weighted by Gasteiger charge is -2.19. The number of hydrogen-bond acceptors (Lipinski definition) is 4. The minimum absolute atomic E-state index is 0.0577. The maximum atomic E-state index is 11.5. The molecule has 0 atom stereocenters. The summed E-state index contributed by atoms with van der Waals surface area (Å²) in [5.74, 6) is 0.0577. The SMILES string of the molecule is CCS(=O)(=O)N(CCC#N)CCOC. The molecule has 14 heavy (non-hydrogen) atoms. The second kappa shape index (κ2) is 6.76. The molecule has 0 aromatic rings.